The van der Waals surface area contributed by atoms with E-state index in [4.69, 9.17) is 0 Å². The average Bonchev–Trinajstić information content (AvgIpc) is 2.92. The molecule has 1 amide bonds. The molecule has 0 spiro atoms. The molecule has 8 heteroatoms. The van der Waals surface area contributed by atoms with Crippen LogP contribution in [0, 0.1) is 10.1 Å². The van der Waals surface area contributed by atoms with Crippen LogP contribution in [0.15, 0.2) is 29.3 Å². The van der Waals surface area contributed by atoms with E-state index in [1.54, 1.807) is 11.8 Å². The maximum atomic E-state index is 12.0. The summed E-state index contributed by atoms with van der Waals surface area (Å²) in [7, 11) is 0. The number of carbonyl (C=O) groups excluding carboxylic acids is 1. The van der Waals surface area contributed by atoms with Gasteiger partial charge in [-0.15, -0.1) is 0 Å². The predicted octanol–water partition coefficient (Wildman–Crippen LogP) is 2.76. The summed E-state index contributed by atoms with van der Waals surface area (Å²) in [6, 6.07) is 5.78. The zero-order valence-electron chi connectivity index (χ0n) is 10.7. The van der Waals surface area contributed by atoms with E-state index < -0.39 is 4.92 Å². The number of aliphatic imine (C=N–C) groups is 1. The number of thioether (sulfide) groups is 2. The number of hydrogen-bond donors (Lipinski definition) is 1. The van der Waals surface area contributed by atoms with Gasteiger partial charge in [-0.2, -0.15) is 0 Å². The average molecular weight is 311 g/mol. The molecule has 0 aliphatic carbocycles. The first-order valence-electron chi connectivity index (χ1n) is 5.95. The molecular weight excluding hydrogens is 298 g/mol. The van der Waals surface area contributed by atoms with E-state index in [0.717, 1.165) is 16.7 Å². The second kappa shape index (κ2) is 6.76. The monoisotopic (exact) mass is 311 g/mol. The second-order valence-electron chi connectivity index (χ2n) is 4.05. The van der Waals surface area contributed by atoms with Gasteiger partial charge in [0.1, 0.15) is 4.38 Å². The lowest BCUT2D eigenvalue weighted by molar-refractivity contribution is -0.384. The van der Waals surface area contributed by atoms with Crippen LogP contribution in [0.2, 0.25) is 0 Å². The van der Waals surface area contributed by atoms with Crippen molar-refractivity contribution in [1.82, 2.24) is 0 Å². The molecule has 106 valence electrons. The van der Waals surface area contributed by atoms with E-state index in [0.29, 0.717) is 5.69 Å². The van der Waals surface area contributed by atoms with Gasteiger partial charge in [0, 0.05) is 23.6 Å². The van der Waals surface area contributed by atoms with Gasteiger partial charge in [-0.05, 0) is 19.1 Å². The lowest BCUT2D eigenvalue weighted by Crippen LogP contribution is -2.23. The number of nitrogens with zero attached hydrogens (tertiary/aromatic N) is 2. The van der Waals surface area contributed by atoms with Crippen LogP contribution in [-0.2, 0) is 4.79 Å². The van der Waals surface area contributed by atoms with E-state index in [2.05, 4.69) is 10.3 Å². The van der Waals surface area contributed by atoms with Crippen molar-refractivity contribution < 1.29 is 9.72 Å². The minimum Gasteiger partial charge on any atom is -0.325 e. The van der Waals surface area contributed by atoms with E-state index in [1.807, 2.05) is 6.92 Å². The van der Waals surface area contributed by atoms with Gasteiger partial charge in [-0.3, -0.25) is 19.9 Å². The molecule has 1 aliphatic rings. The molecule has 1 N–H and O–H groups in total. The molecule has 1 aliphatic heterocycles. The van der Waals surface area contributed by atoms with E-state index in [1.165, 1.54) is 36.0 Å². The van der Waals surface area contributed by atoms with Crippen molar-refractivity contribution in [1.29, 1.82) is 0 Å². The van der Waals surface area contributed by atoms with E-state index in [9.17, 15) is 14.9 Å². The number of benzene rings is 1. The Kier molecular flexibility index (Phi) is 5.02. The summed E-state index contributed by atoms with van der Waals surface area (Å²) < 4.78 is 0.941. The highest BCUT2D eigenvalue weighted by Gasteiger charge is 2.19. The molecular formula is C12H13N3O3S2. The van der Waals surface area contributed by atoms with Crippen LogP contribution < -0.4 is 5.32 Å². The van der Waals surface area contributed by atoms with Crippen LogP contribution in [-0.4, -0.2) is 32.8 Å². The number of non-ortho nitro benzene ring substituents is 1. The number of amides is 1. The van der Waals surface area contributed by atoms with E-state index >= 15 is 0 Å². The first kappa shape index (κ1) is 14.9. The molecule has 0 fully saturated rings. The zero-order chi connectivity index (χ0) is 14.5. The lowest BCUT2D eigenvalue weighted by atomic mass is 10.3. The van der Waals surface area contributed by atoms with Crippen molar-refractivity contribution >= 4 is 45.2 Å². The summed E-state index contributed by atoms with van der Waals surface area (Å²) in [5.74, 6) is 0.831. The molecule has 1 heterocycles. The van der Waals surface area contributed by atoms with Crippen molar-refractivity contribution in [3.05, 3.63) is 34.4 Å². The van der Waals surface area contributed by atoms with Crippen LogP contribution in [0.5, 0.6) is 0 Å². The van der Waals surface area contributed by atoms with Crippen molar-refractivity contribution in [2.45, 2.75) is 12.2 Å². The van der Waals surface area contributed by atoms with Gasteiger partial charge in [-0.25, -0.2) is 0 Å². The van der Waals surface area contributed by atoms with Crippen LogP contribution in [0.1, 0.15) is 6.92 Å². The normalized spacial score (nSPS) is 15.6. The quantitative estimate of drug-likeness (QED) is 0.682. The zero-order valence-corrected chi connectivity index (χ0v) is 12.4. The number of carbonyl (C=O) groups is 1. The lowest BCUT2D eigenvalue weighted by Gasteiger charge is -2.11. The fourth-order valence-corrected chi connectivity index (χ4v) is 3.63. The number of nitro groups is 1. The minimum atomic E-state index is -0.473. The number of nitrogens with one attached hydrogen (secondary N) is 1. The Hall–Kier alpha value is -1.54. The van der Waals surface area contributed by atoms with Crippen molar-refractivity contribution in [3.63, 3.8) is 0 Å². The fraction of sp³-hybridized carbons (Fsp3) is 0.333. The molecule has 0 aromatic heterocycles. The summed E-state index contributed by atoms with van der Waals surface area (Å²) >= 11 is 3.09. The van der Waals surface area contributed by atoms with Gasteiger partial charge >= 0.3 is 0 Å². The first-order chi connectivity index (χ1) is 9.56. The molecule has 0 saturated heterocycles. The second-order valence-corrected chi connectivity index (χ2v) is 6.72. The molecule has 1 aromatic rings. The van der Waals surface area contributed by atoms with Gasteiger partial charge in [-0.1, -0.05) is 23.5 Å². The third-order valence-electron chi connectivity index (χ3n) is 2.55. The largest absolute Gasteiger partial charge is 0.325 e. The SMILES string of the molecule is C[C@H](SC1=NCCS1)C(=O)Nc1ccc([N+](=O)[O-])cc1. The number of hydrogen-bond acceptors (Lipinski definition) is 6. The Bertz CT molecular complexity index is 545. The maximum absolute atomic E-state index is 12.0. The smallest absolute Gasteiger partial charge is 0.269 e. The van der Waals surface area contributed by atoms with Gasteiger partial charge in [0.15, 0.2) is 0 Å². The predicted molar refractivity (Wildman–Crippen MR) is 83.5 cm³/mol. The van der Waals surface area contributed by atoms with E-state index in [-0.39, 0.29) is 16.8 Å². The number of anilines is 1. The molecule has 0 unspecified atom stereocenters. The molecule has 6 nitrogen and oxygen atoms in total. The molecule has 0 bridgehead atoms. The van der Waals surface area contributed by atoms with Crippen molar-refractivity contribution in [2.24, 2.45) is 4.99 Å². The standard InChI is InChI=1S/C12H13N3O3S2/c1-8(20-12-13-6-7-19-12)11(16)14-9-2-4-10(5-3-9)15(17)18/h2-5,8H,6-7H2,1H3,(H,14,16)/t8-/m0/s1. The number of nitro benzene ring substituents is 1. The summed E-state index contributed by atoms with van der Waals surface area (Å²) in [4.78, 5) is 26.3. The highest BCUT2D eigenvalue weighted by atomic mass is 32.2. The molecule has 20 heavy (non-hydrogen) atoms. The van der Waals surface area contributed by atoms with Crippen molar-refractivity contribution in [2.75, 3.05) is 17.6 Å². The Balaban J connectivity index is 1.91. The molecule has 2 rings (SSSR count). The summed E-state index contributed by atoms with van der Waals surface area (Å²) in [5, 5.41) is 13.0. The molecule has 1 aromatic carbocycles. The highest BCUT2D eigenvalue weighted by Crippen LogP contribution is 2.26. The van der Waals surface area contributed by atoms with Gasteiger partial charge in [0.25, 0.3) is 5.69 Å². The Morgan fingerprint density at radius 3 is 2.75 bits per heavy atom. The van der Waals surface area contributed by atoms with Crippen LogP contribution in [0.25, 0.3) is 0 Å². The maximum Gasteiger partial charge on any atom is 0.269 e. The third-order valence-corrected chi connectivity index (χ3v) is 4.85. The minimum absolute atomic E-state index is 0.00198. The fourth-order valence-electron chi connectivity index (χ4n) is 1.50. The molecule has 0 saturated carbocycles. The number of rotatable bonds is 4. The van der Waals surface area contributed by atoms with Gasteiger partial charge < -0.3 is 5.32 Å². The summed E-state index contributed by atoms with van der Waals surface area (Å²) in [5.41, 5.74) is 0.552. The summed E-state index contributed by atoms with van der Waals surface area (Å²) in [6.45, 7) is 2.62. The summed E-state index contributed by atoms with van der Waals surface area (Å²) in [6.07, 6.45) is 0. The molecule has 0 radical (unpaired) electrons. The Morgan fingerprint density at radius 2 is 2.20 bits per heavy atom. The van der Waals surface area contributed by atoms with Gasteiger partial charge in [0.05, 0.1) is 16.7 Å². The van der Waals surface area contributed by atoms with Crippen LogP contribution >= 0.6 is 23.5 Å². The van der Waals surface area contributed by atoms with Crippen LogP contribution in [0.3, 0.4) is 0 Å². The van der Waals surface area contributed by atoms with Crippen molar-refractivity contribution in [3.8, 4) is 0 Å². The Morgan fingerprint density at radius 1 is 1.50 bits per heavy atom. The topological polar surface area (TPSA) is 84.6 Å². The Labute approximate surface area is 124 Å². The van der Waals surface area contributed by atoms with Crippen LogP contribution in [0.4, 0.5) is 11.4 Å². The third kappa shape index (κ3) is 3.97. The molecule has 1 atom stereocenters. The van der Waals surface area contributed by atoms with Gasteiger partial charge in [0.2, 0.25) is 5.91 Å². The highest BCUT2D eigenvalue weighted by molar-refractivity contribution is 8.39. The first-order valence-corrected chi connectivity index (χ1v) is 7.82.